The van der Waals surface area contributed by atoms with Crippen molar-refractivity contribution in [1.82, 2.24) is 5.32 Å². The van der Waals surface area contributed by atoms with Gasteiger partial charge in [-0.1, -0.05) is 0 Å². The molecule has 1 rings (SSSR count). The molecule has 0 radical (unpaired) electrons. The predicted molar refractivity (Wildman–Crippen MR) is 53.0 cm³/mol. The predicted octanol–water partition coefficient (Wildman–Crippen LogP) is 1.25. The molecule has 0 fully saturated rings. The number of nitrogens with one attached hydrogen (secondary N) is 2. The second-order valence-electron chi connectivity index (χ2n) is 2.66. The average molecular weight is 200 g/mol. The molecule has 1 atom stereocenters. The molecule has 1 aromatic rings. The zero-order valence-corrected chi connectivity index (χ0v) is 8.10. The zero-order chi connectivity index (χ0) is 9.68. The summed E-state index contributed by atoms with van der Waals surface area (Å²) in [6, 6.07) is 3.16. The fourth-order valence-electron chi connectivity index (χ4n) is 0.767. The number of amides is 2. The van der Waals surface area contributed by atoms with Crippen molar-refractivity contribution in [3.63, 3.8) is 0 Å². The van der Waals surface area contributed by atoms with E-state index in [0.717, 1.165) is 5.00 Å². The summed E-state index contributed by atoms with van der Waals surface area (Å²) in [5, 5.41) is 16.6. The molecule has 4 nitrogen and oxygen atoms in total. The van der Waals surface area contributed by atoms with Gasteiger partial charge in [0.25, 0.3) is 0 Å². The molecule has 1 heterocycles. The maximum atomic E-state index is 11.2. The quantitative estimate of drug-likeness (QED) is 0.687. The van der Waals surface area contributed by atoms with E-state index in [1.54, 1.807) is 6.92 Å². The van der Waals surface area contributed by atoms with Gasteiger partial charge in [0.15, 0.2) is 0 Å². The first-order chi connectivity index (χ1) is 6.22. The number of carbonyl (C=O) groups is 1. The monoisotopic (exact) mass is 200 g/mol. The topological polar surface area (TPSA) is 61.4 Å². The Labute approximate surface area is 80.6 Å². The molecule has 13 heavy (non-hydrogen) atoms. The largest absolute Gasteiger partial charge is 0.394 e. The maximum absolute atomic E-state index is 11.2. The summed E-state index contributed by atoms with van der Waals surface area (Å²) in [5.74, 6) is 0. The van der Waals surface area contributed by atoms with Gasteiger partial charge in [0.1, 0.15) is 0 Å². The lowest BCUT2D eigenvalue weighted by Gasteiger charge is -2.10. The summed E-state index contributed by atoms with van der Waals surface area (Å²) in [7, 11) is 0. The Kier molecular flexibility index (Phi) is 3.72. The summed E-state index contributed by atoms with van der Waals surface area (Å²) >= 11 is 1.45. The van der Waals surface area contributed by atoms with Crippen molar-refractivity contribution in [3.8, 4) is 0 Å². The van der Waals surface area contributed by atoms with Crippen molar-refractivity contribution in [2.75, 3.05) is 11.9 Å². The third-order valence-corrected chi connectivity index (χ3v) is 2.19. The average Bonchev–Trinajstić information content (AvgIpc) is 2.56. The number of urea groups is 1. The summed E-state index contributed by atoms with van der Waals surface area (Å²) < 4.78 is 0. The van der Waals surface area contributed by atoms with Gasteiger partial charge in [0.05, 0.1) is 17.6 Å². The Morgan fingerprint density at radius 3 is 3.08 bits per heavy atom. The Hall–Kier alpha value is -1.07. The van der Waals surface area contributed by atoms with Gasteiger partial charge in [-0.15, -0.1) is 11.3 Å². The summed E-state index contributed by atoms with van der Waals surface area (Å²) in [4.78, 5) is 11.2. The number of thiophene rings is 1. The van der Waals surface area contributed by atoms with E-state index in [1.807, 2.05) is 17.5 Å². The van der Waals surface area contributed by atoms with Gasteiger partial charge < -0.3 is 10.4 Å². The van der Waals surface area contributed by atoms with E-state index in [2.05, 4.69) is 10.6 Å². The Morgan fingerprint density at radius 1 is 1.77 bits per heavy atom. The molecule has 0 aliphatic carbocycles. The molecule has 3 N–H and O–H groups in total. The molecule has 0 bridgehead atoms. The molecular weight excluding hydrogens is 188 g/mol. The van der Waals surface area contributed by atoms with Crippen LogP contribution in [-0.2, 0) is 0 Å². The van der Waals surface area contributed by atoms with Gasteiger partial charge in [-0.25, -0.2) is 4.79 Å². The molecule has 0 spiro atoms. The summed E-state index contributed by atoms with van der Waals surface area (Å²) in [5.41, 5.74) is 0. The van der Waals surface area contributed by atoms with E-state index in [9.17, 15) is 4.79 Å². The van der Waals surface area contributed by atoms with Crippen LogP contribution in [-0.4, -0.2) is 23.8 Å². The molecule has 0 unspecified atom stereocenters. The highest BCUT2D eigenvalue weighted by Gasteiger charge is 2.05. The number of hydrogen-bond donors (Lipinski definition) is 3. The number of rotatable bonds is 3. The first kappa shape index (κ1) is 10.0. The number of anilines is 1. The van der Waals surface area contributed by atoms with E-state index in [4.69, 9.17) is 5.11 Å². The van der Waals surface area contributed by atoms with E-state index in [1.165, 1.54) is 11.3 Å². The molecule has 2 amide bonds. The molecule has 72 valence electrons. The van der Waals surface area contributed by atoms with Crippen LogP contribution >= 0.6 is 11.3 Å². The first-order valence-corrected chi connectivity index (χ1v) is 4.82. The molecule has 0 saturated carbocycles. The minimum absolute atomic E-state index is 0.0577. The number of aliphatic hydroxyl groups excluding tert-OH is 1. The van der Waals surface area contributed by atoms with Gasteiger partial charge in [0, 0.05) is 0 Å². The lowest BCUT2D eigenvalue weighted by molar-refractivity contribution is 0.229. The molecule has 0 saturated heterocycles. The van der Waals surface area contributed by atoms with Crippen LogP contribution in [0, 0.1) is 0 Å². The zero-order valence-electron chi connectivity index (χ0n) is 7.28. The van der Waals surface area contributed by atoms with Gasteiger partial charge in [0.2, 0.25) is 0 Å². The van der Waals surface area contributed by atoms with Crippen molar-refractivity contribution in [2.24, 2.45) is 0 Å². The highest BCUT2D eigenvalue weighted by Crippen LogP contribution is 2.14. The van der Waals surface area contributed by atoms with Crippen molar-refractivity contribution in [3.05, 3.63) is 17.5 Å². The Morgan fingerprint density at radius 2 is 2.54 bits per heavy atom. The van der Waals surface area contributed by atoms with Crippen LogP contribution in [0.4, 0.5) is 9.80 Å². The van der Waals surface area contributed by atoms with Crippen LogP contribution in [0.2, 0.25) is 0 Å². The molecule has 5 heteroatoms. The highest BCUT2D eigenvalue weighted by atomic mass is 32.1. The first-order valence-electron chi connectivity index (χ1n) is 3.94. The summed E-state index contributed by atoms with van der Waals surface area (Å²) in [6.07, 6.45) is 0. The van der Waals surface area contributed by atoms with Crippen molar-refractivity contribution < 1.29 is 9.90 Å². The molecule has 0 aliphatic rings. The number of aliphatic hydroxyl groups is 1. The van der Waals surface area contributed by atoms with Gasteiger partial charge in [-0.05, 0) is 24.4 Å². The van der Waals surface area contributed by atoms with E-state index < -0.39 is 0 Å². The number of hydrogen-bond acceptors (Lipinski definition) is 3. The van der Waals surface area contributed by atoms with E-state index in [0.29, 0.717) is 0 Å². The van der Waals surface area contributed by atoms with Crippen molar-refractivity contribution in [2.45, 2.75) is 13.0 Å². The van der Waals surface area contributed by atoms with Gasteiger partial charge >= 0.3 is 6.03 Å². The van der Waals surface area contributed by atoms with E-state index >= 15 is 0 Å². The van der Waals surface area contributed by atoms with Gasteiger partial charge in [-0.3, -0.25) is 5.32 Å². The second kappa shape index (κ2) is 4.84. The van der Waals surface area contributed by atoms with Crippen molar-refractivity contribution in [1.29, 1.82) is 0 Å². The molecule has 1 aromatic heterocycles. The van der Waals surface area contributed by atoms with Crippen molar-refractivity contribution >= 4 is 22.4 Å². The minimum Gasteiger partial charge on any atom is -0.394 e. The van der Waals surface area contributed by atoms with E-state index in [-0.39, 0.29) is 18.7 Å². The Balaban J connectivity index is 2.34. The standard InChI is InChI=1S/C8H12N2O2S/c1-6(5-11)9-8(12)10-7-3-2-4-13-7/h2-4,6,11H,5H2,1H3,(H2,9,10,12)/t6-/m0/s1. The third kappa shape index (κ3) is 3.43. The minimum atomic E-state index is -0.288. The smallest absolute Gasteiger partial charge is 0.320 e. The normalized spacial score (nSPS) is 12.2. The summed E-state index contributed by atoms with van der Waals surface area (Å²) in [6.45, 7) is 1.67. The maximum Gasteiger partial charge on any atom is 0.320 e. The second-order valence-corrected chi connectivity index (χ2v) is 3.61. The SMILES string of the molecule is C[C@@H](CO)NC(=O)Nc1cccs1. The Bertz CT molecular complexity index is 261. The fraction of sp³-hybridized carbons (Fsp3) is 0.375. The molecule has 0 aromatic carbocycles. The van der Waals surface area contributed by atoms with Gasteiger partial charge in [-0.2, -0.15) is 0 Å². The lowest BCUT2D eigenvalue weighted by atomic mass is 10.4. The van der Waals surface area contributed by atoms with Crippen LogP contribution in [0.25, 0.3) is 0 Å². The third-order valence-electron chi connectivity index (χ3n) is 1.41. The molecular formula is C8H12N2O2S. The van der Waals surface area contributed by atoms with Crippen LogP contribution in [0.3, 0.4) is 0 Å². The van der Waals surface area contributed by atoms with Crippen LogP contribution in [0.15, 0.2) is 17.5 Å². The van der Waals surface area contributed by atoms with Crippen LogP contribution in [0.5, 0.6) is 0 Å². The van der Waals surface area contributed by atoms with Crippen LogP contribution < -0.4 is 10.6 Å². The highest BCUT2D eigenvalue weighted by molar-refractivity contribution is 7.14. The lowest BCUT2D eigenvalue weighted by Crippen LogP contribution is -2.37. The fourth-order valence-corrected chi connectivity index (χ4v) is 1.38. The van der Waals surface area contributed by atoms with Crippen LogP contribution in [0.1, 0.15) is 6.92 Å². The molecule has 0 aliphatic heterocycles. The number of carbonyl (C=O) groups excluding carboxylic acids is 1.